The molecule has 1 rings (SSSR count). The monoisotopic (exact) mass is 195 g/mol. The van der Waals surface area contributed by atoms with Crippen molar-refractivity contribution in [3.63, 3.8) is 0 Å². The van der Waals surface area contributed by atoms with Gasteiger partial charge in [-0.05, 0) is 25.8 Å². The highest BCUT2D eigenvalue weighted by Crippen LogP contribution is 2.39. The van der Waals surface area contributed by atoms with E-state index in [1.807, 2.05) is 6.92 Å². The highest BCUT2D eigenvalue weighted by Gasteiger charge is 2.45. The van der Waals surface area contributed by atoms with Gasteiger partial charge in [-0.3, -0.25) is 0 Å². The van der Waals surface area contributed by atoms with Crippen LogP contribution in [0.15, 0.2) is 0 Å². The summed E-state index contributed by atoms with van der Waals surface area (Å²) >= 11 is 0. The molecule has 3 atom stereocenters. The van der Waals surface area contributed by atoms with Crippen molar-refractivity contribution in [3.8, 4) is 0 Å². The molecular weight excluding hydrogens is 179 g/mol. The van der Waals surface area contributed by atoms with Gasteiger partial charge in [0.1, 0.15) is 0 Å². The van der Waals surface area contributed by atoms with Crippen molar-refractivity contribution < 1.29 is 13.2 Å². The number of rotatable bonds is 1. The van der Waals surface area contributed by atoms with Gasteiger partial charge in [0, 0.05) is 6.04 Å². The van der Waals surface area contributed by atoms with Crippen molar-refractivity contribution in [2.24, 2.45) is 11.8 Å². The van der Waals surface area contributed by atoms with Crippen molar-refractivity contribution >= 4 is 0 Å². The molecule has 1 aliphatic carbocycles. The van der Waals surface area contributed by atoms with Crippen LogP contribution in [0, 0.1) is 11.8 Å². The molecule has 1 N–H and O–H groups in total. The van der Waals surface area contributed by atoms with Crippen LogP contribution in [0.1, 0.15) is 26.2 Å². The lowest BCUT2D eigenvalue weighted by atomic mass is 9.79. The van der Waals surface area contributed by atoms with E-state index < -0.39 is 12.1 Å². The molecule has 1 saturated carbocycles. The van der Waals surface area contributed by atoms with E-state index in [9.17, 15) is 13.2 Å². The maximum atomic E-state index is 12.5. The van der Waals surface area contributed by atoms with E-state index in [1.165, 1.54) is 0 Å². The fourth-order valence-electron chi connectivity index (χ4n) is 2.09. The smallest absolute Gasteiger partial charge is 0.316 e. The molecule has 0 aliphatic heterocycles. The Morgan fingerprint density at radius 3 is 2.31 bits per heavy atom. The molecule has 78 valence electrons. The lowest BCUT2D eigenvalue weighted by Gasteiger charge is -2.35. The molecule has 0 amide bonds. The summed E-state index contributed by atoms with van der Waals surface area (Å²) in [5, 5.41) is 2.77. The van der Waals surface area contributed by atoms with Gasteiger partial charge < -0.3 is 5.32 Å². The molecular formula is C9H16F3N. The van der Waals surface area contributed by atoms with Crippen molar-refractivity contribution in [2.75, 3.05) is 7.05 Å². The molecule has 4 heteroatoms. The minimum absolute atomic E-state index is 0.274. The third-order valence-electron chi connectivity index (χ3n) is 2.90. The molecule has 0 aromatic carbocycles. The molecule has 0 heterocycles. The van der Waals surface area contributed by atoms with Crippen LogP contribution in [0.25, 0.3) is 0 Å². The first-order valence-electron chi connectivity index (χ1n) is 4.69. The van der Waals surface area contributed by atoms with Gasteiger partial charge in [-0.15, -0.1) is 0 Å². The summed E-state index contributed by atoms with van der Waals surface area (Å²) in [4.78, 5) is 0. The highest BCUT2D eigenvalue weighted by atomic mass is 19.4. The molecule has 0 spiro atoms. The number of halogens is 3. The summed E-state index contributed by atoms with van der Waals surface area (Å²) in [5.41, 5.74) is 0. The van der Waals surface area contributed by atoms with Crippen LogP contribution in [0.5, 0.6) is 0 Å². The Hall–Kier alpha value is -0.250. The average Bonchev–Trinajstić information content (AvgIpc) is 2.01. The fourth-order valence-corrected chi connectivity index (χ4v) is 2.09. The summed E-state index contributed by atoms with van der Waals surface area (Å²) in [6, 6.07) is -0.385. The van der Waals surface area contributed by atoms with E-state index in [-0.39, 0.29) is 12.5 Å². The van der Waals surface area contributed by atoms with Gasteiger partial charge in [-0.2, -0.15) is 13.2 Å². The Bertz CT molecular complexity index is 167. The quantitative estimate of drug-likeness (QED) is 0.678. The summed E-state index contributed by atoms with van der Waals surface area (Å²) in [7, 11) is 1.61. The Balaban J connectivity index is 2.63. The highest BCUT2D eigenvalue weighted by molar-refractivity contribution is 4.86. The van der Waals surface area contributed by atoms with Crippen LogP contribution < -0.4 is 5.32 Å². The molecule has 3 unspecified atom stereocenters. The largest absolute Gasteiger partial charge is 0.393 e. The predicted octanol–water partition coefficient (Wildman–Crippen LogP) is 2.57. The Morgan fingerprint density at radius 1 is 1.23 bits per heavy atom. The van der Waals surface area contributed by atoms with E-state index in [0.717, 1.165) is 0 Å². The van der Waals surface area contributed by atoms with E-state index in [4.69, 9.17) is 0 Å². The van der Waals surface area contributed by atoms with Crippen LogP contribution in [0.3, 0.4) is 0 Å². The minimum Gasteiger partial charge on any atom is -0.316 e. The minimum atomic E-state index is -4.03. The Morgan fingerprint density at radius 2 is 1.85 bits per heavy atom. The van der Waals surface area contributed by atoms with Crippen molar-refractivity contribution in [2.45, 2.75) is 38.4 Å². The van der Waals surface area contributed by atoms with Gasteiger partial charge in [0.25, 0.3) is 0 Å². The van der Waals surface area contributed by atoms with Crippen LogP contribution in [-0.4, -0.2) is 19.3 Å². The molecule has 1 nitrogen and oxygen atoms in total. The van der Waals surface area contributed by atoms with E-state index in [1.54, 1.807) is 7.05 Å². The summed E-state index contributed by atoms with van der Waals surface area (Å²) in [5.74, 6) is -0.732. The van der Waals surface area contributed by atoms with Gasteiger partial charge >= 0.3 is 6.18 Å². The Kier molecular flexibility index (Phi) is 3.22. The fraction of sp³-hybridized carbons (Fsp3) is 1.00. The van der Waals surface area contributed by atoms with Crippen LogP contribution in [0.2, 0.25) is 0 Å². The second-order valence-corrected chi connectivity index (χ2v) is 3.96. The van der Waals surface area contributed by atoms with E-state index in [2.05, 4.69) is 5.32 Å². The molecule has 0 aromatic heterocycles. The maximum Gasteiger partial charge on any atom is 0.393 e. The molecule has 0 aromatic rings. The summed E-state index contributed by atoms with van der Waals surface area (Å²) in [6.07, 6.45) is -2.42. The second-order valence-electron chi connectivity index (χ2n) is 3.96. The molecule has 1 aliphatic rings. The normalized spacial score (nSPS) is 36.2. The zero-order valence-electron chi connectivity index (χ0n) is 7.99. The first-order valence-corrected chi connectivity index (χ1v) is 4.69. The summed E-state index contributed by atoms with van der Waals surface area (Å²) < 4.78 is 37.4. The van der Waals surface area contributed by atoms with Crippen LogP contribution >= 0.6 is 0 Å². The molecule has 0 bridgehead atoms. The zero-order chi connectivity index (χ0) is 10.1. The molecule has 0 radical (unpaired) electrons. The van der Waals surface area contributed by atoms with Crippen LogP contribution in [0.4, 0.5) is 13.2 Å². The van der Waals surface area contributed by atoms with E-state index >= 15 is 0 Å². The standard InChI is InChI=1S/C9H16F3N/c1-6-3-4-7(9(10,11)12)8(5-6)13-2/h6-8,13H,3-5H2,1-2H3. The first kappa shape index (κ1) is 10.8. The van der Waals surface area contributed by atoms with Gasteiger partial charge in [0.2, 0.25) is 0 Å². The van der Waals surface area contributed by atoms with Crippen molar-refractivity contribution in [3.05, 3.63) is 0 Å². The number of hydrogen-bond donors (Lipinski definition) is 1. The van der Waals surface area contributed by atoms with Gasteiger partial charge in [0.15, 0.2) is 0 Å². The SMILES string of the molecule is CNC1CC(C)CCC1C(F)(F)F. The third-order valence-corrected chi connectivity index (χ3v) is 2.90. The van der Waals surface area contributed by atoms with Gasteiger partial charge in [-0.1, -0.05) is 13.3 Å². The van der Waals surface area contributed by atoms with E-state index in [0.29, 0.717) is 18.8 Å². The van der Waals surface area contributed by atoms with Crippen molar-refractivity contribution in [1.82, 2.24) is 5.32 Å². The average molecular weight is 195 g/mol. The lowest BCUT2D eigenvalue weighted by molar-refractivity contribution is -0.190. The number of alkyl halides is 3. The number of nitrogens with one attached hydrogen (secondary N) is 1. The topological polar surface area (TPSA) is 12.0 Å². The molecule has 1 fully saturated rings. The van der Waals surface area contributed by atoms with Crippen molar-refractivity contribution in [1.29, 1.82) is 0 Å². The zero-order valence-corrected chi connectivity index (χ0v) is 7.99. The Labute approximate surface area is 76.7 Å². The number of hydrogen-bond acceptors (Lipinski definition) is 1. The van der Waals surface area contributed by atoms with Gasteiger partial charge in [-0.25, -0.2) is 0 Å². The molecule has 0 saturated heterocycles. The third kappa shape index (κ3) is 2.59. The lowest BCUT2D eigenvalue weighted by Crippen LogP contribution is -2.45. The van der Waals surface area contributed by atoms with Gasteiger partial charge in [0.05, 0.1) is 5.92 Å². The molecule has 13 heavy (non-hydrogen) atoms. The predicted molar refractivity (Wildman–Crippen MR) is 45.4 cm³/mol. The second kappa shape index (κ2) is 3.86. The summed E-state index contributed by atoms with van der Waals surface area (Å²) in [6.45, 7) is 2.01. The van der Waals surface area contributed by atoms with Crippen LogP contribution in [-0.2, 0) is 0 Å². The maximum absolute atomic E-state index is 12.5. The first-order chi connectivity index (χ1) is 5.95.